The third kappa shape index (κ3) is 14.7. The molecule has 0 saturated carbocycles. The molecule has 0 amide bonds. The molecular weight excluding hydrogens is 1490 g/mol. The van der Waals surface area contributed by atoms with E-state index in [0.29, 0.717) is 0 Å². The lowest BCUT2D eigenvalue weighted by molar-refractivity contribution is 0.793. The van der Waals surface area contributed by atoms with Crippen molar-refractivity contribution >= 4 is 148 Å². The van der Waals surface area contributed by atoms with Crippen molar-refractivity contribution in [2.75, 3.05) is 19.6 Å². The van der Waals surface area contributed by atoms with Crippen molar-refractivity contribution in [3.8, 4) is 22.3 Å². The molecule has 123 heavy (non-hydrogen) atoms. The van der Waals surface area contributed by atoms with Gasteiger partial charge in [0.2, 0.25) is 0 Å². The number of anilines is 12. The molecule has 0 unspecified atom stereocenters. The van der Waals surface area contributed by atoms with E-state index in [2.05, 4.69) is 529 Å². The average Bonchev–Trinajstić information content (AvgIpc) is 1.51. The van der Waals surface area contributed by atoms with E-state index >= 15 is 0 Å². The van der Waals surface area contributed by atoms with Gasteiger partial charge >= 0.3 is 0 Å². The topological polar surface area (TPSA) is 13.0 Å². The molecule has 20 aromatic rings. The van der Waals surface area contributed by atoms with Gasteiger partial charge in [0.25, 0.3) is 0 Å². The third-order valence-electron chi connectivity index (χ3n) is 24.2. The molecule has 2 aliphatic carbocycles. The zero-order valence-corrected chi connectivity index (χ0v) is 67.8. The van der Waals surface area contributed by atoms with Crippen molar-refractivity contribution in [3.63, 3.8) is 0 Å². The minimum absolute atomic E-state index is 0.453. The molecule has 0 saturated heterocycles. The first-order valence-corrected chi connectivity index (χ1v) is 42.2. The minimum Gasteiger partial charge on any atom is -0.311 e. The maximum atomic E-state index is 2.44. The first-order chi connectivity index (χ1) is 60.9. The van der Waals surface area contributed by atoms with Crippen LogP contribution in [0.1, 0.15) is 55.6 Å². The number of hydrogen-bond donors (Lipinski definition) is 0. The van der Waals surface area contributed by atoms with Crippen LogP contribution >= 0.6 is 0 Å². The van der Waals surface area contributed by atoms with E-state index in [0.717, 1.165) is 90.5 Å². The summed E-state index contributed by atoms with van der Waals surface area (Å²) >= 11 is 0. The predicted molar refractivity (Wildman–Crippen MR) is 524 cm³/mol. The summed E-state index contributed by atoms with van der Waals surface area (Å²) in [6.45, 7) is 0. The Bertz CT molecular complexity index is 6660. The van der Waals surface area contributed by atoms with Gasteiger partial charge in [-0.1, -0.05) is 352 Å². The molecule has 22 rings (SSSR count). The molecule has 580 valence electrons. The second-order valence-electron chi connectivity index (χ2n) is 31.6. The highest BCUT2D eigenvalue weighted by Crippen LogP contribution is 2.63. The Morgan fingerprint density at radius 2 is 0.325 bits per heavy atom. The van der Waals surface area contributed by atoms with E-state index in [4.69, 9.17) is 0 Å². The highest BCUT2D eigenvalue weighted by molar-refractivity contribution is 5.99. The first kappa shape index (κ1) is 74.4. The van der Waals surface area contributed by atoms with E-state index in [9.17, 15) is 0 Å². The number of para-hydroxylation sites is 4. The molecule has 0 aromatic heterocycles. The van der Waals surface area contributed by atoms with Crippen LogP contribution in [0.3, 0.4) is 0 Å². The SMILES string of the molecule is C(=C\c1ccc(N(c2ccc3ccccc3c2)c2ccc3ccccc3c2)cc1)/c1ccc(N(c2ccc3ccccc3c2)c2ccc3ccccc3c2)cc1.C(=C\c1ccc2c(c1)C1(c3ccccc3-2)c2ccccc2-c2ccc(/C=C/c3ccc(N(c4ccccc4)c4ccccc4)cc3)cc21)/c1ccc(N(c2ccccc2)c2ccccc2)cc1. The van der Waals surface area contributed by atoms with E-state index in [1.807, 2.05) is 0 Å². The number of hydrogen-bond acceptors (Lipinski definition) is 4. The largest absolute Gasteiger partial charge is 0.311 e. The van der Waals surface area contributed by atoms with Gasteiger partial charge in [-0.2, -0.15) is 0 Å². The summed E-state index contributed by atoms with van der Waals surface area (Å²) in [7, 11) is 0. The van der Waals surface area contributed by atoms with Crippen LogP contribution < -0.4 is 19.6 Å². The van der Waals surface area contributed by atoms with Crippen molar-refractivity contribution in [1.29, 1.82) is 0 Å². The Balaban J connectivity index is 0.000000154. The molecular formula is C119H84N4. The fraction of sp³-hybridized carbons (Fsp3) is 0.00840. The van der Waals surface area contributed by atoms with Crippen molar-refractivity contribution in [2.24, 2.45) is 0 Å². The Labute approximate surface area is 719 Å². The normalized spacial score (nSPS) is 12.2. The molecule has 0 heterocycles. The zero-order chi connectivity index (χ0) is 81.8. The maximum Gasteiger partial charge on any atom is 0.0725 e. The number of rotatable bonds is 18. The van der Waals surface area contributed by atoms with Crippen LogP contribution in [0.25, 0.3) is 102 Å². The van der Waals surface area contributed by atoms with E-state index < -0.39 is 5.41 Å². The molecule has 0 N–H and O–H groups in total. The Kier molecular flexibility index (Phi) is 20.0. The number of fused-ring (bicyclic) bond motifs is 14. The van der Waals surface area contributed by atoms with Gasteiger partial charge in [-0.3, -0.25) is 0 Å². The second kappa shape index (κ2) is 33.0. The van der Waals surface area contributed by atoms with Crippen LogP contribution in [0.2, 0.25) is 0 Å². The average molecular weight is 1570 g/mol. The fourth-order valence-corrected chi connectivity index (χ4v) is 18.3. The van der Waals surface area contributed by atoms with Gasteiger partial charge in [0.05, 0.1) is 5.41 Å². The van der Waals surface area contributed by atoms with Gasteiger partial charge in [-0.05, 0) is 279 Å². The second-order valence-corrected chi connectivity index (χ2v) is 31.6. The lowest BCUT2D eigenvalue weighted by Gasteiger charge is -2.30. The molecule has 1 spiro atoms. The summed E-state index contributed by atoms with van der Waals surface area (Å²) in [4.78, 5) is 9.30. The van der Waals surface area contributed by atoms with Gasteiger partial charge in [0.1, 0.15) is 0 Å². The summed E-state index contributed by atoms with van der Waals surface area (Å²) in [5.41, 5.74) is 30.5. The Morgan fingerprint density at radius 3 is 0.602 bits per heavy atom. The highest BCUT2D eigenvalue weighted by atomic mass is 15.2. The quantitative estimate of drug-likeness (QED) is 0.0794. The number of nitrogens with zero attached hydrogens (tertiary/aromatic N) is 4. The Morgan fingerprint density at radius 1 is 0.130 bits per heavy atom. The van der Waals surface area contributed by atoms with Crippen molar-refractivity contribution in [2.45, 2.75) is 5.41 Å². The fourth-order valence-electron chi connectivity index (χ4n) is 18.3. The van der Waals surface area contributed by atoms with E-state index in [-0.39, 0.29) is 0 Å². The third-order valence-corrected chi connectivity index (χ3v) is 24.2. The van der Waals surface area contributed by atoms with E-state index in [1.165, 1.54) is 98.7 Å². The van der Waals surface area contributed by atoms with Gasteiger partial charge in [-0.25, -0.2) is 0 Å². The van der Waals surface area contributed by atoms with Gasteiger partial charge in [-0.15, -0.1) is 0 Å². The lowest BCUT2D eigenvalue weighted by Crippen LogP contribution is -2.26. The maximum absolute atomic E-state index is 2.44. The summed E-state index contributed by atoms with van der Waals surface area (Å²) in [6.07, 6.45) is 13.4. The molecule has 0 aliphatic heterocycles. The number of benzene rings is 20. The monoisotopic (exact) mass is 1570 g/mol. The zero-order valence-electron chi connectivity index (χ0n) is 67.8. The summed E-state index contributed by atoms with van der Waals surface area (Å²) in [5.74, 6) is 0. The van der Waals surface area contributed by atoms with Gasteiger partial charge in [0.15, 0.2) is 0 Å². The van der Waals surface area contributed by atoms with Crippen molar-refractivity contribution < 1.29 is 0 Å². The lowest BCUT2D eigenvalue weighted by atomic mass is 9.70. The molecule has 4 heteroatoms. The molecule has 0 fully saturated rings. The summed E-state index contributed by atoms with van der Waals surface area (Å²) in [6, 6.07) is 171. The molecule has 20 aromatic carbocycles. The van der Waals surface area contributed by atoms with Crippen LogP contribution in [0, 0.1) is 0 Å². The highest BCUT2D eigenvalue weighted by Gasteiger charge is 2.51. The molecule has 4 nitrogen and oxygen atoms in total. The summed E-state index contributed by atoms with van der Waals surface area (Å²) in [5, 5.41) is 9.82. The first-order valence-electron chi connectivity index (χ1n) is 42.2. The summed E-state index contributed by atoms with van der Waals surface area (Å²) < 4.78 is 0. The van der Waals surface area contributed by atoms with Crippen LogP contribution in [0.4, 0.5) is 68.2 Å². The van der Waals surface area contributed by atoms with Crippen molar-refractivity contribution in [1.82, 2.24) is 0 Å². The smallest absolute Gasteiger partial charge is 0.0725 e. The molecule has 0 atom stereocenters. The molecule has 2 aliphatic rings. The van der Waals surface area contributed by atoms with Gasteiger partial charge in [0, 0.05) is 68.2 Å². The molecule has 0 bridgehead atoms. The van der Waals surface area contributed by atoms with Crippen LogP contribution in [-0.4, -0.2) is 0 Å². The predicted octanol–water partition coefficient (Wildman–Crippen LogP) is 32.7. The van der Waals surface area contributed by atoms with Crippen LogP contribution in [-0.2, 0) is 5.41 Å². The van der Waals surface area contributed by atoms with Crippen molar-refractivity contribution in [3.05, 3.63) is 529 Å². The minimum atomic E-state index is -0.453. The Hall–Kier alpha value is -16.1. The van der Waals surface area contributed by atoms with Crippen LogP contribution in [0.15, 0.2) is 473 Å². The standard InChI is InChI=1S/C65H46N2.C54H38N2/c1-5-17-51(18-6-1)66(52-19-7-2-8-20-52)55-39-33-47(34-40-55)29-31-49-37-43-59-57-25-13-15-27-61(57)65(63(59)45-49)62-28-16-14-26-58(62)60-44-38-50(46-64(60)65)32-30-48-35-41-56(42-36-48)67(53-21-9-3-10-22-53)54-23-11-4-12-24-54;1-5-13-45-35-51(31-23-41(45)9-1)55(52-32-24-42-10-2-6-14-46(42)36-52)49-27-19-39(20-28-49)17-18-40-21-29-50(30-22-40)56(53-33-25-43-11-3-7-15-47(43)37-53)54-34-26-44-12-4-8-16-48(44)38-54/h1-46H;1-38H/b31-29+,32-30+;18-17+. The van der Waals surface area contributed by atoms with Gasteiger partial charge < -0.3 is 19.6 Å². The van der Waals surface area contributed by atoms with E-state index in [1.54, 1.807) is 0 Å². The van der Waals surface area contributed by atoms with Crippen LogP contribution in [0.5, 0.6) is 0 Å². The molecule has 0 radical (unpaired) electrons.